The highest BCUT2D eigenvalue weighted by Gasteiger charge is 2.20. The maximum absolute atomic E-state index is 5.86. The summed E-state index contributed by atoms with van der Waals surface area (Å²) in [6, 6.07) is 8.62. The Labute approximate surface area is 119 Å². The molecule has 1 aliphatic rings. The molecule has 2 aromatic rings. The lowest BCUT2D eigenvalue weighted by Crippen LogP contribution is -2.32. The first kappa shape index (κ1) is 12.9. The highest BCUT2D eigenvalue weighted by Crippen LogP contribution is 2.27. The van der Waals surface area contributed by atoms with Gasteiger partial charge in [0.05, 0.1) is 5.69 Å². The number of hydrogen-bond acceptors (Lipinski definition) is 4. The van der Waals surface area contributed by atoms with E-state index in [0.29, 0.717) is 5.95 Å². The Morgan fingerprint density at radius 2 is 1.95 bits per heavy atom. The highest BCUT2D eigenvalue weighted by molar-refractivity contribution is 5.53. The van der Waals surface area contributed by atoms with Gasteiger partial charge >= 0.3 is 0 Å². The van der Waals surface area contributed by atoms with Crippen molar-refractivity contribution in [1.29, 1.82) is 0 Å². The smallest absolute Gasteiger partial charge is 0.222 e. The van der Waals surface area contributed by atoms with Crippen molar-refractivity contribution in [2.45, 2.75) is 33.2 Å². The Bertz CT molecular complexity index is 636. The molecule has 1 aromatic heterocycles. The summed E-state index contributed by atoms with van der Waals surface area (Å²) in [5.41, 5.74) is 10.9. The van der Waals surface area contributed by atoms with Crippen LogP contribution in [0.25, 0.3) is 0 Å². The van der Waals surface area contributed by atoms with E-state index in [4.69, 9.17) is 5.73 Å². The van der Waals surface area contributed by atoms with E-state index in [1.165, 1.54) is 11.1 Å². The van der Waals surface area contributed by atoms with Crippen LogP contribution in [0.15, 0.2) is 24.3 Å². The third kappa shape index (κ3) is 2.22. The van der Waals surface area contributed by atoms with Crippen molar-refractivity contribution in [2.24, 2.45) is 0 Å². The quantitative estimate of drug-likeness (QED) is 0.909. The number of nitrogens with two attached hydrogens (primary N) is 1. The largest absolute Gasteiger partial charge is 0.368 e. The zero-order valence-electron chi connectivity index (χ0n) is 12.1. The molecule has 1 aromatic carbocycles. The van der Waals surface area contributed by atoms with Gasteiger partial charge < -0.3 is 10.6 Å². The van der Waals surface area contributed by atoms with Gasteiger partial charge in [0, 0.05) is 18.7 Å². The third-order valence-corrected chi connectivity index (χ3v) is 4.00. The minimum Gasteiger partial charge on any atom is -0.368 e. The number of anilines is 2. The van der Waals surface area contributed by atoms with Gasteiger partial charge in [-0.2, -0.15) is 4.98 Å². The molecule has 104 valence electrons. The zero-order chi connectivity index (χ0) is 14.1. The molecule has 0 saturated heterocycles. The molecular formula is C16H20N4. The maximum Gasteiger partial charge on any atom is 0.222 e. The number of nitrogens with zero attached hydrogens (tertiary/aromatic N) is 3. The molecule has 2 N–H and O–H groups in total. The minimum absolute atomic E-state index is 0.376. The molecule has 20 heavy (non-hydrogen) atoms. The summed E-state index contributed by atoms with van der Waals surface area (Å²) in [6.07, 6.45) is 1.94. The molecule has 0 spiro atoms. The van der Waals surface area contributed by atoms with Crippen LogP contribution in [0.1, 0.15) is 29.3 Å². The first-order valence-electron chi connectivity index (χ1n) is 7.13. The average molecular weight is 268 g/mol. The molecule has 0 radical (unpaired) electrons. The number of aryl methyl sites for hydroxylation is 1. The molecule has 0 bridgehead atoms. The fraction of sp³-hybridized carbons (Fsp3) is 0.375. The molecule has 0 atom stereocenters. The molecule has 2 heterocycles. The van der Waals surface area contributed by atoms with Gasteiger partial charge in [-0.3, -0.25) is 0 Å². The first-order chi connectivity index (χ1) is 9.69. The van der Waals surface area contributed by atoms with Crippen molar-refractivity contribution in [1.82, 2.24) is 9.97 Å². The SMILES string of the molecule is CCc1nc(N)nc(N2CCc3ccccc3C2)c1C. The van der Waals surface area contributed by atoms with Crippen LogP contribution in [-0.2, 0) is 19.4 Å². The summed E-state index contributed by atoms with van der Waals surface area (Å²) < 4.78 is 0. The number of nitrogen functional groups attached to an aromatic ring is 1. The minimum atomic E-state index is 0.376. The third-order valence-electron chi connectivity index (χ3n) is 4.00. The van der Waals surface area contributed by atoms with E-state index in [1.807, 2.05) is 0 Å². The van der Waals surface area contributed by atoms with Crippen LogP contribution < -0.4 is 10.6 Å². The zero-order valence-corrected chi connectivity index (χ0v) is 12.1. The number of hydrogen-bond donors (Lipinski definition) is 1. The second kappa shape index (κ2) is 5.12. The van der Waals surface area contributed by atoms with E-state index in [1.54, 1.807) is 0 Å². The van der Waals surface area contributed by atoms with Gasteiger partial charge in [-0.25, -0.2) is 4.98 Å². The Balaban J connectivity index is 1.97. The predicted molar refractivity (Wildman–Crippen MR) is 81.8 cm³/mol. The van der Waals surface area contributed by atoms with E-state index >= 15 is 0 Å². The molecule has 4 nitrogen and oxygen atoms in total. The van der Waals surface area contributed by atoms with E-state index in [-0.39, 0.29) is 0 Å². The van der Waals surface area contributed by atoms with Crippen molar-refractivity contribution in [2.75, 3.05) is 17.2 Å². The second-order valence-electron chi connectivity index (χ2n) is 5.27. The van der Waals surface area contributed by atoms with Gasteiger partial charge in [0.2, 0.25) is 5.95 Å². The summed E-state index contributed by atoms with van der Waals surface area (Å²) in [4.78, 5) is 11.1. The highest BCUT2D eigenvalue weighted by atomic mass is 15.2. The average Bonchev–Trinajstić information content (AvgIpc) is 2.48. The number of aromatic nitrogens is 2. The molecular weight excluding hydrogens is 248 g/mol. The Morgan fingerprint density at radius 1 is 1.20 bits per heavy atom. The van der Waals surface area contributed by atoms with Crippen LogP contribution in [0.2, 0.25) is 0 Å². The normalized spacial score (nSPS) is 14.2. The van der Waals surface area contributed by atoms with E-state index < -0.39 is 0 Å². The standard InChI is InChI=1S/C16H20N4/c1-3-14-11(2)15(19-16(17)18-14)20-9-8-12-6-4-5-7-13(12)10-20/h4-7H,3,8-10H2,1-2H3,(H2,17,18,19). The van der Waals surface area contributed by atoms with Gasteiger partial charge in [0.25, 0.3) is 0 Å². The van der Waals surface area contributed by atoms with Crippen LogP contribution in [0.4, 0.5) is 11.8 Å². The Morgan fingerprint density at radius 3 is 2.70 bits per heavy atom. The van der Waals surface area contributed by atoms with Crippen molar-refractivity contribution < 1.29 is 0 Å². The van der Waals surface area contributed by atoms with Gasteiger partial charge in [0.15, 0.2) is 0 Å². The van der Waals surface area contributed by atoms with Gasteiger partial charge in [0.1, 0.15) is 5.82 Å². The molecule has 0 unspecified atom stereocenters. The van der Waals surface area contributed by atoms with Crippen LogP contribution >= 0.6 is 0 Å². The predicted octanol–water partition coefficient (Wildman–Crippen LogP) is 2.49. The fourth-order valence-corrected chi connectivity index (χ4v) is 2.90. The van der Waals surface area contributed by atoms with Gasteiger partial charge in [-0.15, -0.1) is 0 Å². The van der Waals surface area contributed by atoms with Crippen molar-refractivity contribution >= 4 is 11.8 Å². The second-order valence-corrected chi connectivity index (χ2v) is 5.27. The van der Waals surface area contributed by atoms with E-state index in [2.05, 4.69) is 53.0 Å². The van der Waals surface area contributed by atoms with Crippen LogP contribution in [-0.4, -0.2) is 16.5 Å². The molecule has 0 fully saturated rings. The van der Waals surface area contributed by atoms with E-state index in [0.717, 1.165) is 43.0 Å². The summed E-state index contributed by atoms with van der Waals surface area (Å²) in [5.74, 6) is 1.37. The summed E-state index contributed by atoms with van der Waals surface area (Å²) in [5, 5.41) is 0. The Kier molecular flexibility index (Phi) is 3.30. The molecule has 0 aliphatic carbocycles. The molecule has 0 amide bonds. The number of benzene rings is 1. The van der Waals surface area contributed by atoms with Crippen LogP contribution in [0, 0.1) is 6.92 Å². The first-order valence-corrected chi connectivity index (χ1v) is 7.13. The summed E-state index contributed by atoms with van der Waals surface area (Å²) >= 11 is 0. The molecule has 4 heteroatoms. The van der Waals surface area contributed by atoms with Crippen molar-refractivity contribution in [3.8, 4) is 0 Å². The Hall–Kier alpha value is -2.10. The van der Waals surface area contributed by atoms with Crippen molar-refractivity contribution in [3.05, 3.63) is 46.6 Å². The monoisotopic (exact) mass is 268 g/mol. The number of fused-ring (bicyclic) bond motifs is 1. The number of rotatable bonds is 2. The van der Waals surface area contributed by atoms with Crippen LogP contribution in [0.5, 0.6) is 0 Å². The van der Waals surface area contributed by atoms with Gasteiger partial charge in [-0.1, -0.05) is 31.2 Å². The lowest BCUT2D eigenvalue weighted by Gasteiger charge is -2.31. The van der Waals surface area contributed by atoms with Gasteiger partial charge in [-0.05, 0) is 30.9 Å². The molecule has 3 rings (SSSR count). The van der Waals surface area contributed by atoms with E-state index in [9.17, 15) is 0 Å². The van der Waals surface area contributed by atoms with Crippen LogP contribution in [0.3, 0.4) is 0 Å². The van der Waals surface area contributed by atoms with Crippen molar-refractivity contribution in [3.63, 3.8) is 0 Å². The lowest BCUT2D eigenvalue weighted by atomic mass is 9.99. The summed E-state index contributed by atoms with van der Waals surface area (Å²) in [7, 11) is 0. The topological polar surface area (TPSA) is 55.0 Å². The molecule has 0 saturated carbocycles. The maximum atomic E-state index is 5.86. The fourth-order valence-electron chi connectivity index (χ4n) is 2.90. The molecule has 1 aliphatic heterocycles. The lowest BCUT2D eigenvalue weighted by molar-refractivity contribution is 0.714. The summed E-state index contributed by atoms with van der Waals surface area (Å²) in [6.45, 7) is 6.08.